The fourth-order valence-corrected chi connectivity index (χ4v) is 1.60. The molecule has 0 saturated heterocycles. The number of carbonyl (C=O) groups is 2. The van der Waals surface area contributed by atoms with Crippen LogP contribution in [0.25, 0.3) is 0 Å². The molecule has 0 radical (unpaired) electrons. The van der Waals surface area contributed by atoms with E-state index >= 15 is 0 Å². The van der Waals surface area contributed by atoms with Gasteiger partial charge >= 0.3 is 12.0 Å². The van der Waals surface area contributed by atoms with Crippen LogP contribution in [0, 0.1) is 11.6 Å². The van der Waals surface area contributed by atoms with Crippen molar-refractivity contribution in [1.29, 1.82) is 0 Å². The maximum absolute atomic E-state index is 13.6. The van der Waals surface area contributed by atoms with Crippen molar-refractivity contribution in [2.24, 2.45) is 0 Å². The Kier molecular flexibility index (Phi) is 4.13. The van der Waals surface area contributed by atoms with Gasteiger partial charge in [0.05, 0.1) is 11.3 Å². The van der Waals surface area contributed by atoms with Crippen LogP contribution < -0.4 is 10.6 Å². The molecular formula is C14H10F2N2O3. The third-order valence-electron chi connectivity index (χ3n) is 2.55. The summed E-state index contributed by atoms with van der Waals surface area (Å²) < 4.78 is 26.5. The fourth-order valence-electron chi connectivity index (χ4n) is 1.60. The molecule has 2 amide bonds. The SMILES string of the molecule is O=C(Nc1cccc(F)c1)Nc1ccc(C(=O)O)cc1F. The molecule has 21 heavy (non-hydrogen) atoms. The van der Waals surface area contributed by atoms with Gasteiger partial charge in [0.1, 0.15) is 11.6 Å². The van der Waals surface area contributed by atoms with Gasteiger partial charge in [0.2, 0.25) is 0 Å². The summed E-state index contributed by atoms with van der Waals surface area (Å²) in [5.41, 5.74) is -0.215. The summed E-state index contributed by atoms with van der Waals surface area (Å²) in [5, 5.41) is 13.2. The summed E-state index contributed by atoms with van der Waals surface area (Å²) in [6.07, 6.45) is 0. The Balaban J connectivity index is 2.08. The molecule has 0 aliphatic heterocycles. The largest absolute Gasteiger partial charge is 0.478 e. The Labute approximate surface area is 118 Å². The minimum absolute atomic E-state index is 0.186. The summed E-state index contributed by atoms with van der Waals surface area (Å²) in [4.78, 5) is 22.3. The van der Waals surface area contributed by atoms with Crippen molar-refractivity contribution in [3.05, 3.63) is 59.7 Å². The van der Waals surface area contributed by atoms with Crippen molar-refractivity contribution in [2.75, 3.05) is 10.6 Å². The molecule has 0 aliphatic carbocycles. The van der Waals surface area contributed by atoms with E-state index in [1.54, 1.807) is 0 Å². The van der Waals surface area contributed by atoms with Gasteiger partial charge in [-0.3, -0.25) is 0 Å². The first-order chi connectivity index (χ1) is 9.95. The zero-order chi connectivity index (χ0) is 15.4. The van der Waals surface area contributed by atoms with Crippen LogP contribution in [0.1, 0.15) is 10.4 Å². The van der Waals surface area contributed by atoms with Gasteiger partial charge in [0.15, 0.2) is 0 Å². The Morgan fingerprint density at radius 3 is 2.38 bits per heavy atom. The van der Waals surface area contributed by atoms with Crippen LogP contribution in [-0.4, -0.2) is 17.1 Å². The van der Waals surface area contributed by atoms with Crippen molar-refractivity contribution in [3.63, 3.8) is 0 Å². The molecular weight excluding hydrogens is 282 g/mol. The second-order valence-corrected chi connectivity index (χ2v) is 4.09. The van der Waals surface area contributed by atoms with Crippen LogP contribution >= 0.6 is 0 Å². The molecule has 0 atom stereocenters. The highest BCUT2D eigenvalue weighted by Crippen LogP contribution is 2.16. The average molecular weight is 292 g/mol. The number of aromatic carboxylic acids is 1. The van der Waals surface area contributed by atoms with Crippen molar-refractivity contribution >= 4 is 23.4 Å². The maximum atomic E-state index is 13.6. The monoisotopic (exact) mass is 292 g/mol. The highest BCUT2D eigenvalue weighted by atomic mass is 19.1. The van der Waals surface area contributed by atoms with Gasteiger partial charge in [-0.15, -0.1) is 0 Å². The lowest BCUT2D eigenvalue weighted by Gasteiger charge is -2.09. The Hall–Kier alpha value is -2.96. The minimum atomic E-state index is -1.27. The molecule has 2 rings (SSSR count). The molecule has 108 valence electrons. The molecule has 0 aromatic heterocycles. The molecule has 0 bridgehead atoms. The van der Waals surface area contributed by atoms with E-state index < -0.39 is 23.6 Å². The Bertz CT molecular complexity index is 704. The number of hydrogen-bond donors (Lipinski definition) is 3. The standard InChI is InChI=1S/C14H10F2N2O3/c15-9-2-1-3-10(7-9)17-14(21)18-12-5-4-8(13(19)20)6-11(12)16/h1-7H,(H,19,20)(H2,17,18,21). The van der Waals surface area contributed by atoms with Gasteiger partial charge in [0, 0.05) is 5.69 Å². The van der Waals surface area contributed by atoms with E-state index in [-0.39, 0.29) is 16.9 Å². The van der Waals surface area contributed by atoms with Gasteiger partial charge in [-0.05, 0) is 36.4 Å². The first-order valence-electron chi connectivity index (χ1n) is 5.82. The second-order valence-electron chi connectivity index (χ2n) is 4.09. The van der Waals surface area contributed by atoms with Crippen LogP contribution in [0.5, 0.6) is 0 Å². The number of carbonyl (C=O) groups excluding carboxylic acids is 1. The van der Waals surface area contributed by atoms with Crippen LogP contribution in [0.3, 0.4) is 0 Å². The van der Waals surface area contributed by atoms with Crippen LogP contribution in [0.2, 0.25) is 0 Å². The number of amides is 2. The minimum Gasteiger partial charge on any atom is -0.478 e. The van der Waals surface area contributed by atoms with Gasteiger partial charge in [0.25, 0.3) is 0 Å². The van der Waals surface area contributed by atoms with E-state index in [0.717, 1.165) is 24.3 Å². The van der Waals surface area contributed by atoms with Crippen LogP contribution in [-0.2, 0) is 0 Å². The van der Waals surface area contributed by atoms with E-state index in [1.807, 2.05) is 0 Å². The summed E-state index contributed by atoms with van der Waals surface area (Å²) in [6.45, 7) is 0. The molecule has 3 N–H and O–H groups in total. The molecule has 2 aromatic rings. The number of benzene rings is 2. The molecule has 0 saturated carbocycles. The quantitative estimate of drug-likeness (QED) is 0.812. The van der Waals surface area contributed by atoms with E-state index in [0.29, 0.717) is 0 Å². The van der Waals surface area contributed by atoms with Crippen LogP contribution in [0.15, 0.2) is 42.5 Å². The van der Waals surface area contributed by atoms with E-state index in [4.69, 9.17) is 5.11 Å². The molecule has 0 heterocycles. The number of halogens is 2. The highest BCUT2D eigenvalue weighted by Gasteiger charge is 2.11. The number of anilines is 2. The lowest BCUT2D eigenvalue weighted by molar-refractivity contribution is 0.0696. The third-order valence-corrected chi connectivity index (χ3v) is 2.55. The smallest absolute Gasteiger partial charge is 0.335 e. The van der Waals surface area contributed by atoms with Crippen LogP contribution in [0.4, 0.5) is 25.0 Å². The number of carboxylic acids is 1. The first-order valence-corrected chi connectivity index (χ1v) is 5.82. The average Bonchev–Trinajstić information content (AvgIpc) is 2.40. The van der Waals surface area contributed by atoms with E-state index in [9.17, 15) is 18.4 Å². The third kappa shape index (κ3) is 3.75. The van der Waals surface area contributed by atoms with Gasteiger partial charge in [-0.1, -0.05) is 6.07 Å². The predicted octanol–water partition coefficient (Wildman–Crippen LogP) is 3.31. The van der Waals surface area contributed by atoms with Gasteiger partial charge in [-0.25, -0.2) is 18.4 Å². The number of carboxylic acid groups (broad SMARTS) is 1. The summed E-state index contributed by atoms with van der Waals surface area (Å²) >= 11 is 0. The summed E-state index contributed by atoms with van der Waals surface area (Å²) in [5.74, 6) is -2.68. The maximum Gasteiger partial charge on any atom is 0.335 e. The zero-order valence-corrected chi connectivity index (χ0v) is 10.6. The highest BCUT2D eigenvalue weighted by molar-refractivity contribution is 6.00. The van der Waals surface area contributed by atoms with Gasteiger partial charge < -0.3 is 15.7 Å². The summed E-state index contributed by atoms with van der Waals surface area (Å²) in [7, 11) is 0. The lowest BCUT2D eigenvalue weighted by Crippen LogP contribution is -2.20. The Morgan fingerprint density at radius 2 is 1.76 bits per heavy atom. The zero-order valence-electron chi connectivity index (χ0n) is 10.6. The molecule has 0 fully saturated rings. The molecule has 7 heteroatoms. The second kappa shape index (κ2) is 6.00. The molecule has 0 spiro atoms. The predicted molar refractivity (Wildman–Crippen MR) is 72.4 cm³/mol. The van der Waals surface area contributed by atoms with Crippen molar-refractivity contribution in [2.45, 2.75) is 0 Å². The normalized spacial score (nSPS) is 10.0. The fraction of sp³-hybridized carbons (Fsp3) is 0. The van der Waals surface area contributed by atoms with Crippen molar-refractivity contribution < 1.29 is 23.5 Å². The van der Waals surface area contributed by atoms with Crippen molar-refractivity contribution in [1.82, 2.24) is 0 Å². The molecule has 0 unspecified atom stereocenters. The number of hydrogen-bond acceptors (Lipinski definition) is 2. The molecule has 0 aliphatic rings. The molecule has 5 nitrogen and oxygen atoms in total. The molecule has 2 aromatic carbocycles. The number of nitrogens with one attached hydrogen (secondary N) is 2. The topological polar surface area (TPSA) is 78.4 Å². The summed E-state index contributed by atoms with van der Waals surface area (Å²) in [6, 6.07) is 7.49. The van der Waals surface area contributed by atoms with Gasteiger partial charge in [-0.2, -0.15) is 0 Å². The van der Waals surface area contributed by atoms with Crippen molar-refractivity contribution in [3.8, 4) is 0 Å². The first kappa shape index (κ1) is 14.4. The van der Waals surface area contributed by atoms with E-state index in [2.05, 4.69) is 10.6 Å². The Morgan fingerprint density at radius 1 is 1.00 bits per heavy atom. The lowest BCUT2D eigenvalue weighted by atomic mass is 10.2. The number of urea groups is 1. The number of rotatable bonds is 3. The van der Waals surface area contributed by atoms with E-state index in [1.165, 1.54) is 18.2 Å².